The fourth-order valence-electron chi connectivity index (χ4n) is 1.06. The summed E-state index contributed by atoms with van der Waals surface area (Å²) in [6, 6.07) is -1.08. The number of hydrogen-bond acceptors (Lipinski definition) is 6. The lowest BCUT2D eigenvalue weighted by Crippen LogP contribution is -2.32. The molecule has 0 aliphatic heterocycles. The number of unbranched alkanes of at least 4 members (excludes halogenated alkanes) is 2. The van der Waals surface area contributed by atoms with E-state index in [0.717, 1.165) is 25.5 Å². The van der Waals surface area contributed by atoms with Crippen molar-refractivity contribution < 1.29 is 28.2 Å². The van der Waals surface area contributed by atoms with Crippen molar-refractivity contribution >= 4 is 21.8 Å². The van der Waals surface area contributed by atoms with Gasteiger partial charge >= 0.3 is 11.9 Å². The zero-order valence-electron chi connectivity index (χ0n) is 11.6. The fraction of sp³-hybridized carbons (Fsp3) is 0.818. The molecule has 0 unspecified atom stereocenters. The molecule has 0 radical (unpaired) electrons. The third kappa shape index (κ3) is 19.2. The van der Waals surface area contributed by atoms with E-state index < -0.39 is 27.8 Å². The summed E-state index contributed by atoms with van der Waals surface area (Å²) in [5.41, 5.74) is 10.3. The molecule has 0 bridgehead atoms. The second-order valence-corrected chi connectivity index (χ2v) is 6.62. The number of carboxylic acids is 2. The lowest BCUT2D eigenvalue weighted by Gasteiger charge is -2.03. The van der Waals surface area contributed by atoms with E-state index in [1.54, 1.807) is 0 Å². The summed E-state index contributed by atoms with van der Waals surface area (Å²) in [4.78, 5) is 20.0. The van der Waals surface area contributed by atoms with Crippen LogP contribution in [0.2, 0.25) is 0 Å². The van der Waals surface area contributed by atoms with E-state index in [9.17, 15) is 18.0 Å². The number of hydrogen-bond donors (Lipinski definition) is 4. The lowest BCUT2D eigenvalue weighted by molar-refractivity contribution is -0.139. The van der Waals surface area contributed by atoms with Gasteiger partial charge in [0.25, 0.3) is 0 Å². The first-order valence-electron chi connectivity index (χ1n) is 6.18. The maximum absolute atomic E-state index is 10.5. The van der Waals surface area contributed by atoms with Gasteiger partial charge in [0.2, 0.25) is 0 Å². The first-order valence-corrected chi connectivity index (χ1v) is 8.24. The number of carboxylic acid groups (broad SMARTS) is 2. The predicted molar refractivity (Wildman–Crippen MR) is 75.1 cm³/mol. The fourth-order valence-corrected chi connectivity index (χ4v) is 1.74. The lowest BCUT2D eigenvalue weighted by atomic mass is 10.2. The Balaban J connectivity index is 0. The second-order valence-electron chi connectivity index (χ2n) is 4.36. The molecule has 0 aliphatic rings. The third-order valence-corrected chi connectivity index (χ3v) is 3.19. The Morgan fingerprint density at radius 3 is 2.05 bits per heavy atom. The summed E-state index contributed by atoms with van der Waals surface area (Å²) < 4.78 is 21.0. The molecular formula is C11H24N2O6S. The molecule has 0 fully saturated rings. The number of rotatable bonds is 9. The van der Waals surface area contributed by atoms with Crippen LogP contribution in [0.4, 0.5) is 0 Å². The number of nitrogens with two attached hydrogens (primary N) is 2. The van der Waals surface area contributed by atoms with Crippen molar-refractivity contribution in [1.29, 1.82) is 0 Å². The highest BCUT2D eigenvalue weighted by molar-refractivity contribution is 7.90. The van der Waals surface area contributed by atoms with Gasteiger partial charge in [0, 0.05) is 12.7 Å². The molecular weight excluding hydrogens is 288 g/mol. The van der Waals surface area contributed by atoms with Gasteiger partial charge in [0.05, 0.1) is 5.75 Å². The van der Waals surface area contributed by atoms with E-state index in [-0.39, 0.29) is 18.6 Å². The van der Waals surface area contributed by atoms with Crippen LogP contribution in [0.5, 0.6) is 0 Å². The summed E-state index contributed by atoms with van der Waals surface area (Å²) in [7, 11) is -3.10. The molecule has 120 valence electrons. The van der Waals surface area contributed by atoms with Gasteiger partial charge in [0.1, 0.15) is 15.9 Å². The number of carbonyl (C=O) groups is 2. The summed E-state index contributed by atoms with van der Waals surface area (Å²) >= 11 is 0. The van der Waals surface area contributed by atoms with Gasteiger partial charge in [0.15, 0.2) is 0 Å². The van der Waals surface area contributed by atoms with E-state index in [1.165, 1.54) is 0 Å². The summed E-state index contributed by atoms with van der Waals surface area (Å²) in [5, 5.41) is 16.4. The molecule has 8 nitrogen and oxygen atoms in total. The van der Waals surface area contributed by atoms with Crippen LogP contribution >= 0.6 is 0 Å². The van der Waals surface area contributed by atoms with Crippen LogP contribution in [-0.2, 0) is 19.4 Å². The van der Waals surface area contributed by atoms with Crippen molar-refractivity contribution in [3.8, 4) is 0 Å². The molecule has 0 saturated carbocycles. The first-order chi connectivity index (χ1) is 9.10. The van der Waals surface area contributed by atoms with E-state index in [4.69, 9.17) is 21.7 Å². The van der Waals surface area contributed by atoms with Gasteiger partial charge in [-0.2, -0.15) is 0 Å². The largest absolute Gasteiger partial charge is 0.481 e. The zero-order valence-corrected chi connectivity index (χ0v) is 12.4. The highest BCUT2D eigenvalue weighted by atomic mass is 32.2. The van der Waals surface area contributed by atoms with Crippen molar-refractivity contribution in [3.05, 3.63) is 0 Å². The highest BCUT2D eigenvalue weighted by Gasteiger charge is 2.13. The Hall–Kier alpha value is -1.19. The molecule has 20 heavy (non-hydrogen) atoms. The van der Waals surface area contributed by atoms with Gasteiger partial charge in [-0.1, -0.05) is 6.42 Å². The predicted octanol–water partition coefficient (Wildman–Crippen LogP) is -0.577. The minimum Gasteiger partial charge on any atom is -0.481 e. The van der Waals surface area contributed by atoms with E-state index >= 15 is 0 Å². The van der Waals surface area contributed by atoms with E-state index in [0.29, 0.717) is 6.54 Å². The quantitative estimate of drug-likeness (QED) is 0.411. The molecule has 0 amide bonds. The van der Waals surface area contributed by atoms with Crippen LogP contribution < -0.4 is 11.5 Å². The van der Waals surface area contributed by atoms with E-state index in [1.807, 2.05) is 0 Å². The summed E-state index contributed by atoms with van der Waals surface area (Å²) in [5.74, 6) is -2.07. The van der Waals surface area contributed by atoms with Gasteiger partial charge in [-0.3, -0.25) is 9.59 Å². The molecule has 0 rings (SSSR count). The number of aliphatic carboxylic acids is 2. The monoisotopic (exact) mass is 312 g/mol. The molecule has 0 aliphatic carbocycles. The molecule has 6 N–H and O–H groups in total. The highest BCUT2D eigenvalue weighted by Crippen LogP contribution is 1.97. The Morgan fingerprint density at radius 1 is 1.15 bits per heavy atom. The maximum Gasteiger partial charge on any atom is 0.320 e. The normalized spacial score (nSPS) is 12.2. The maximum atomic E-state index is 10.5. The second kappa shape index (κ2) is 11.6. The van der Waals surface area contributed by atoms with Crippen LogP contribution in [0, 0.1) is 0 Å². The number of sulfone groups is 1. The Bertz CT molecular complexity index is 382. The van der Waals surface area contributed by atoms with Gasteiger partial charge in [-0.15, -0.1) is 0 Å². The molecule has 0 aromatic rings. The molecule has 0 aromatic carbocycles. The minimum atomic E-state index is -3.10. The minimum absolute atomic E-state index is 0.0336. The van der Waals surface area contributed by atoms with Crippen LogP contribution in [0.1, 0.15) is 32.1 Å². The molecule has 0 saturated heterocycles. The average molecular weight is 312 g/mol. The van der Waals surface area contributed by atoms with Gasteiger partial charge < -0.3 is 21.7 Å². The SMILES string of the molecule is CS(=O)(=O)CC[C@H](N)C(=O)O.NCCCCCC(=O)O. The molecule has 1 atom stereocenters. The zero-order chi connectivity index (χ0) is 16.2. The average Bonchev–Trinajstić information content (AvgIpc) is 2.31. The topological polar surface area (TPSA) is 161 Å². The molecule has 0 heterocycles. The van der Waals surface area contributed by atoms with Crippen molar-refractivity contribution in [2.24, 2.45) is 11.5 Å². The van der Waals surface area contributed by atoms with Crippen LogP contribution in [-0.4, -0.2) is 55.2 Å². The molecule has 0 aromatic heterocycles. The standard InChI is InChI=1S/C6H13NO2.C5H11NO4S/c7-5-3-1-2-4-6(8)9;1-11(9,10)3-2-4(6)5(7)8/h1-5,7H2,(H,8,9);4H,2-3,6H2,1H3,(H,7,8)/t;4-/m.0/s1. The Labute approximate surface area is 119 Å². The van der Waals surface area contributed by atoms with Gasteiger partial charge in [-0.05, 0) is 25.8 Å². The van der Waals surface area contributed by atoms with Crippen LogP contribution in [0.3, 0.4) is 0 Å². The Kier molecular flexibility index (Phi) is 12.3. The van der Waals surface area contributed by atoms with Crippen molar-refractivity contribution in [1.82, 2.24) is 0 Å². The van der Waals surface area contributed by atoms with Crippen molar-refractivity contribution in [2.75, 3.05) is 18.6 Å². The first kappa shape index (κ1) is 21.1. The molecule has 0 spiro atoms. The van der Waals surface area contributed by atoms with Crippen molar-refractivity contribution in [2.45, 2.75) is 38.1 Å². The van der Waals surface area contributed by atoms with Crippen LogP contribution in [0.25, 0.3) is 0 Å². The van der Waals surface area contributed by atoms with Crippen molar-refractivity contribution in [3.63, 3.8) is 0 Å². The summed E-state index contributed by atoms with van der Waals surface area (Å²) in [6.07, 6.45) is 3.92. The third-order valence-electron chi connectivity index (χ3n) is 2.21. The van der Waals surface area contributed by atoms with Crippen LogP contribution in [0.15, 0.2) is 0 Å². The van der Waals surface area contributed by atoms with Gasteiger partial charge in [-0.25, -0.2) is 8.42 Å². The summed E-state index contributed by atoms with van der Waals surface area (Å²) in [6.45, 7) is 0.666. The van der Waals surface area contributed by atoms with E-state index in [2.05, 4.69) is 0 Å². The Morgan fingerprint density at radius 2 is 1.70 bits per heavy atom. The smallest absolute Gasteiger partial charge is 0.320 e. The molecule has 9 heteroatoms.